The van der Waals surface area contributed by atoms with Crippen molar-refractivity contribution in [3.8, 4) is 0 Å². The first-order valence-corrected chi connectivity index (χ1v) is 7.49. The molecule has 2 unspecified atom stereocenters. The van der Waals surface area contributed by atoms with Gasteiger partial charge in [-0.2, -0.15) is 0 Å². The number of carbonyl (C=O) groups is 1. The molecule has 2 aliphatic rings. The molecule has 0 aromatic rings. The third kappa shape index (κ3) is 2.63. The summed E-state index contributed by atoms with van der Waals surface area (Å²) >= 11 is 0. The lowest BCUT2D eigenvalue weighted by molar-refractivity contribution is -0.145. The molecule has 92 valence electrons. The molecule has 0 aromatic carbocycles. The van der Waals surface area contributed by atoms with Gasteiger partial charge in [0, 0.05) is 41.4 Å². The van der Waals surface area contributed by atoms with Crippen LogP contribution in [-0.2, 0) is 15.6 Å². The van der Waals surface area contributed by atoms with E-state index in [4.69, 9.17) is 0 Å². The molecule has 16 heavy (non-hydrogen) atoms. The molecule has 1 saturated carbocycles. The Balaban J connectivity index is 2.00. The fraction of sp³-hybridized carbons (Fsp3) is 0.909. The summed E-state index contributed by atoms with van der Waals surface area (Å²) in [6, 6.07) is 0.184. The van der Waals surface area contributed by atoms with Crippen LogP contribution in [0.15, 0.2) is 0 Å². The minimum atomic E-state index is -0.676. The molecule has 0 radical (unpaired) electrons. The van der Waals surface area contributed by atoms with Crippen LogP contribution in [-0.4, -0.2) is 50.8 Å². The molecule has 4 nitrogen and oxygen atoms in total. The van der Waals surface area contributed by atoms with Crippen molar-refractivity contribution >= 4 is 16.8 Å². The molecule has 1 heterocycles. The molecule has 0 amide bonds. The van der Waals surface area contributed by atoms with E-state index in [1.807, 2.05) is 0 Å². The average molecular weight is 245 g/mol. The summed E-state index contributed by atoms with van der Waals surface area (Å²) in [6.07, 6.45) is 3.96. The van der Waals surface area contributed by atoms with Gasteiger partial charge in [0.2, 0.25) is 0 Å². The maximum absolute atomic E-state index is 11.3. The van der Waals surface area contributed by atoms with Crippen LogP contribution in [0.25, 0.3) is 0 Å². The Bertz CT molecular complexity index is 285. The minimum Gasteiger partial charge on any atom is -0.481 e. The van der Waals surface area contributed by atoms with Gasteiger partial charge in [-0.3, -0.25) is 13.9 Å². The van der Waals surface area contributed by atoms with Gasteiger partial charge in [0.25, 0.3) is 0 Å². The molecular formula is C11H19NO3S. The van der Waals surface area contributed by atoms with E-state index < -0.39 is 16.8 Å². The summed E-state index contributed by atoms with van der Waals surface area (Å²) in [7, 11) is -0.676. The molecule has 2 rings (SSSR count). The third-order valence-corrected chi connectivity index (χ3v) is 5.00. The second-order valence-electron chi connectivity index (χ2n) is 4.68. The summed E-state index contributed by atoms with van der Waals surface area (Å²) in [5, 5.41) is 9.20. The lowest BCUT2D eigenvalue weighted by Gasteiger charge is -2.39. The van der Waals surface area contributed by atoms with Gasteiger partial charge in [-0.25, -0.2) is 0 Å². The zero-order valence-electron chi connectivity index (χ0n) is 9.43. The van der Waals surface area contributed by atoms with Gasteiger partial charge >= 0.3 is 5.97 Å². The zero-order valence-corrected chi connectivity index (χ0v) is 10.2. The smallest absolute Gasteiger partial charge is 0.308 e. The standard InChI is InChI=1S/C11H19NO3S/c13-11(14)9-3-1-2-4-10(9)12-5-7-16(15)8-6-12/h9-10H,1-8H2,(H,13,14). The van der Waals surface area contributed by atoms with Crippen molar-refractivity contribution < 1.29 is 14.1 Å². The van der Waals surface area contributed by atoms with Gasteiger partial charge < -0.3 is 5.11 Å². The van der Waals surface area contributed by atoms with Crippen LogP contribution in [0.4, 0.5) is 0 Å². The molecule has 0 spiro atoms. The Morgan fingerprint density at radius 2 is 1.81 bits per heavy atom. The van der Waals surface area contributed by atoms with Gasteiger partial charge in [-0.05, 0) is 12.8 Å². The lowest BCUT2D eigenvalue weighted by Crippen LogP contribution is -2.50. The molecule has 1 aliphatic carbocycles. The quantitative estimate of drug-likeness (QED) is 0.778. The van der Waals surface area contributed by atoms with Gasteiger partial charge in [0.15, 0.2) is 0 Å². The van der Waals surface area contributed by atoms with Crippen molar-refractivity contribution in [1.29, 1.82) is 0 Å². The van der Waals surface area contributed by atoms with Crippen molar-refractivity contribution in [1.82, 2.24) is 4.90 Å². The normalized spacial score (nSPS) is 33.8. The highest BCUT2D eigenvalue weighted by atomic mass is 32.2. The number of hydrogen-bond donors (Lipinski definition) is 1. The van der Waals surface area contributed by atoms with Gasteiger partial charge in [-0.1, -0.05) is 12.8 Å². The molecule has 1 saturated heterocycles. The van der Waals surface area contributed by atoms with E-state index in [0.29, 0.717) is 11.5 Å². The molecule has 0 bridgehead atoms. The SMILES string of the molecule is O=C(O)C1CCCCC1N1CCS(=O)CC1. The molecule has 5 heteroatoms. The summed E-state index contributed by atoms with van der Waals surface area (Å²) in [5.41, 5.74) is 0. The van der Waals surface area contributed by atoms with Crippen LogP contribution < -0.4 is 0 Å². The fourth-order valence-electron chi connectivity index (χ4n) is 2.82. The van der Waals surface area contributed by atoms with Gasteiger partial charge in [0.05, 0.1) is 5.92 Å². The van der Waals surface area contributed by atoms with Gasteiger partial charge in [0.1, 0.15) is 0 Å². The number of aliphatic carboxylic acids is 1. The van der Waals surface area contributed by atoms with Crippen LogP contribution in [0.1, 0.15) is 25.7 Å². The lowest BCUT2D eigenvalue weighted by atomic mass is 9.83. The van der Waals surface area contributed by atoms with E-state index in [1.165, 1.54) is 0 Å². The Kier molecular flexibility index (Phi) is 3.97. The van der Waals surface area contributed by atoms with Crippen molar-refractivity contribution in [2.45, 2.75) is 31.7 Å². The molecular weight excluding hydrogens is 226 g/mol. The fourth-order valence-corrected chi connectivity index (χ4v) is 3.90. The second kappa shape index (κ2) is 5.27. The molecule has 1 N–H and O–H groups in total. The maximum atomic E-state index is 11.3. The summed E-state index contributed by atoms with van der Waals surface area (Å²) in [6.45, 7) is 1.61. The van der Waals surface area contributed by atoms with Crippen LogP contribution >= 0.6 is 0 Å². The highest BCUT2D eigenvalue weighted by molar-refractivity contribution is 7.85. The van der Waals surface area contributed by atoms with Crippen molar-refractivity contribution in [3.05, 3.63) is 0 Å². The Morgan fingerprint density at radius 3 is 2.44 bits per heavy atom. The molecule has 1 aliphatic heterocycles. The zero-order chi connectivity index (χ0) is 11.5. The minimum absolute atomic E-state index is 0.184. The number of hydrogen-bond acceptors (Lipinski definition) is 3. The largest absolute Gasteiger partial charge is 0.481 e. The summed E-state index contributed by atoms with van der Waals surface area (Å²) in [4.78, 5) is 13.4. The highest BCUT2D eigenvalue weighted by Crippen LogP contribution is 2.29. The predicted octanol–water partition coefficient (Wildman–Crippen LogP) is 0.694. The van der Waals surface area contributed by atoms with Crippen molar-refractivity contribution in [3.63, 3.8) is 0 Å². The Morgan fingerprint density at radius 1 is 1.19 bits per heavy atom. The number of nitrogens with zero attached hydrogens (tertiary/aromatic N) is 1. The first-order chi connectivity index (χ1) is 7.68. The maximum Gasteiger partial charge on any atom is 0.308 e. The van der Waals surface area contributed by atoms with E-state index >= 15 is 0 Å². The van der Waals surface area contributed by atoms with E-state index in [0.717, 1.165) is 38.8 Å². The van der Waals surface area contributed by atoms with Gasteiger partial charge in [-0.15, -0.1) is 0 Å². The highest BCUT2D eigenvalue weighted by Gasteiger charge is 2.35. The van der Waals surface area contributed by atoms with Crippen LogP contribution in [0, 0.1) is 5.92 Å². The summed E-state index contributed by atoms with van der Waals surface area (Å²) < 4.78 is 11.3. The molecule has 0 aromatic heterocycles. The van der Waals surface area contributed by atoms with E-state index in [9.17, 15) is 14.1 Å². The monoisotopic (exact) mass is 245 g/mol. The molecule has 2 atom stereocenters. The molecule has 2 fully saturated rings. The van der Waals surface area contributed by atoms with Crippen LogP contribution in [0.3, 0.4) is 0 Å². The number of carboxylic acid groups (broad SMARTS) is 1. The number of rotatable bonds is 2. The Labute approximate surface area is 98.5 Å². The summed E-state index contributed by atoms with van der Waals surface area (Å²) in [5.74, 6) is 0.558. The number of carboxylic acids is 1. The first-order valence-electron chi connectivity index (χ1n) is 6.00. The first kappa shape index (κ1) is 12.0. The van der Waals surface area contributed by atoms with Crippen molar-refractivity contribution in [2.24, 2.45) is 5.92 Å². The average Bonchev–Trinajstić information content (AvgIpc) is 2.30. The third-order valence-electron chi connectivity index (χ3n) is 3.73. The van der Waals surface area contributed by atoms with Crippen LogP contribution in [0.2, 0.25) is 0 Å². The van der Waals surface area contributed by atoms with E-state index in [1.54, 1.807) is 0 Å². The van der Waals surface area contributed by atoms with Crippen molar-refractivity contribution in [2.75, 3.05) is 24.6 Å². The van der Waals surface area contributed by atoms with E-state index in [2.05, 4.69) is 4.90 Å². The second-order valence-corrected chi connectivity index (χ2v) is 6.38. The predicted molar refractivity (Wildman–Crippen MR) is 62.8 cm³/mol. The van der Waals surface area contributed by atoms with Crippen LogP contribution in [0.5, 0.6) is 0 Å². The topological polar surface area (TPSA) is 57.6 Å². The van der Waals surface area contributed by atoms with E-state index in [-0.39, 0.29) is 12.0 Å². The Hall–Kier alpha value is -0.420.